The standard InChI is InChI=1S/C30H21F5N2O3/c31-24-5-3-6-25(32)27(24)26-16-23(29(38)39-17-21-4-1-2-15-36-21)28(37-26)20-9-7-18(8-10-20)19-11-13-22(14-12-19)40-30(33,34)35/h1-15,23,28H,16-17H2/t23-,28-/m0/s1. The highest BCUT2D eigenvalue weighted by Gasteiger charge is 2.39. The average molecular weight is 552 g/mol. The second-order valence-corrected chi connectivity index (χ2v) is 9.05. The highest BCUT2D eigenvalue weighted by Crippen LogP contribution is 2.39. The SMILES string of the molecule is O=C(OCc1ccccn1)[C@H]1CC(c2c(F)cccc2F)=N[C@H]1c1ccc(-c2ccc(OC(F)(F)F)cc2)cc1. The van der Waals surface area contributed by atoms with Gasteiger partial charge >= 0.3 is 12.3 Å². The molecule has 2 atom stereocenters. The normalized spacial score (nSPS) is 16.9. The summed E-state index contributed by atoms with van der Waals surface area (Å²) in [5, 5.41) is 0. The molecule has 1 aliphatic heterocycles. The van der Waals surface area contributed by atoms with Gasteiger partial charge in [0.15, 0.2) is 0 Å². The van der Waals surface area contributed by atoms with Crippen LogP contribution >= 0.6 is 0 Å². The molecule has 0 radical (unpaired) electrons. The number of halogens is 5. The van der Waals surface area contributed by atoms with Gasteiger partial charge in [-0.05, 0) is 53.1 Å². The quantitative estimate of drug-likeness (QED) is 0.179. The van der Waals surface area contributed by atoms with Crippen molar-refractivity contribution in [2.24, 2.45) is 10.9 Å². The van der Waals surface area contributed by atoms with Crippen LogP contribution in [0.2, 0.25) is 0 Å². The first kappa shape index (κ1) is 27.0. The zero-order valence-corrected chi connectivity index (χ0v) is 20.7. The van der Waals surface area contributed by atoms with Gasteiger partial charge in [0.1, 0.15) is 24.0 Å². The van der Waals surface area contributed by atoms with Crippen LogP contribution in [-0.4, -0.2) is 23.0 Å². The maximum absolute atomic E-state index is 14.6. The number of esters is 1. The fraction of sp³-hybridized carbons (Fsp3) is 0.167. The van der Waals surface area contributed by atoms with E-state index in [2.05, 4.69) is 14.7 Å². The molecule has 204 valence electrons. The third-order valence-electron chi connectivity index (χ3n) is 6.41. The monoisotopic (exact) mass is 552 g/mol. The Labute approximate surface area is 225 Å². The Bertz CT molecular complexity index is 1500. The van der Waals surface area contributed by atoms with Crippen LogP contribution in [0.3, 0.4) is 0 Å². The lowest BCUT2D eigenvalue weighted by Gasteiger charge is -2.18. The Balaban J connectivity index is 1.40. The molecule has 10 heteroatoms. The molecule has 1 aromatic heterocycles. The number of alkyl halides is 3. The molecule has 0 saturated carbocycles. The zero-order valence-electron chi connectivity index (χ0n) is 20.7. The topological polar surface area (TPSA) is 60.8 Å². The first-order chi connectivity index (χ1) is 19.2. The molecular weight excluding hydrogens is 531 g/mol. The summed E-state index contributed by atoms with van der Waals surface area (Å²) >= 11 is 0. The van der Waals surface area contributed by atoms with Crippen LogP contribution in [0, 0.1) is 17.6 Å². The lowest BCUT2D eigenvalue weighted by molar-refractivity contribution is -0.274. The summed E-state index contributed by atoms with van der Waals surface area (Å²) in [6, 6.07) is 20.2. The average Bonchev–Trinajstić information content (AvgIpc) is 3.37. The Hall–Kier alpha value is -4.60. The molecule has 0 spiro atoms. The second-order valence-electron chi connectivity index (χ2n) is 9.05. The van der Waals surface area contributed by atoms with Gasteiger partial charge in [0.2, 0.25) is 0 Å². The van der Waals surface area contributed by atoms with Crippen molar-refractivity contribution >= 4 is 11.7 Å². The van der Waals surface area contributed by atoms with Crippen molar-refractivity contribution in [3.8, 4) is 16.9 Å². The van der Waals surface area contributed by atoms with Gasteiger partial charge in [0.05, 0.1) is 23.2 Å². The van der Waals surface area contributed by atoms with E-state index in [4.69, 9.17) is 4.74 Å². The van der Waals surface area contributed by atoms with E-state index in [0.29, 0.717) is 22.4 Å². The number of hydrogen-bond acceptors (Lipinski definition) is 5. The number of nitrogens with zero attached hydrogens (tertiary/aromatic N) is 2. The van der Waals surface area contributed by atoms with Gasteiger partial charge < -0.3 is 9.47 Å². The predicted octanol–water partition coefficient (Wildman–Crippen LogP) is 7.22. The molecule has 3 aromatic carbocycles. The van der Waals surface area contributed by atoms with Gasteiger partial charge in [-0.2, -0.15) is 0 Å². The van der Waals surface area contributed by atoms with Crippen LogP contribution in [-0.2, 0) is 16.1 Å². The lowest BCUT2D eigenvalue weighted by Crippen LogP contribution is -2.22. The summed E-state index contributed by atoms with van der Waals surface area (Å²) in [6.45, 7) is -0.0702. The molecule has 0 saturated heterocycles. The summed E-state index contributed by atoms with van der Waals surface area (Å²) in [4.78, 5) is 21.9. The van der Waals surface area contributed by atoms with Gasteiger partial charge in [-0.15, -0.1) is 13.2 Å². The third-order valence-corrected chi connectivity index (χ3v) is 6.41. The molecule has 5 nitrogen and oxygen atoms in total. The predicted molar refractivity (Wildman–Crippen MR) is 136 cm³/mol. The summed E-state index contributed by atoms with van der Waals surface area (Å²) in [5.41, 5.74) is 2.31. The number of benzene rings is 3. The van der Waals surface area contributed by atoms with E-state index in [1.807, 2.05) is 0 Å². The number of ether oxygens (including phenoxy) is 2. The fourth-order valence-electron chi connectivity index (χ4n) is 4.55. The number of hydrogen-bond donors (Lipinski definition) is 0. The van der Waals surface area contributed by atoms with E-state index in [-0.39, 0.29) is 30.1 Å². The third kappa shape index (κ3) is 6.17. The number of aliphatic imine (C=N–C) groups is 1. The number of aromatic nitrogens is 1. The maximum atomic E-state index is 14.6. The van der Waals surface area contributed by atoms with Crippen molar-refractivity contribution in [3.63, 3.8) is 0 Å². The highest BCUT2D eigenvalue weighted by molar-refractivity contribution is 6.04. The minimum atomic E-state index is -4.79. The molecule has 5 rings (SSSR count). The van der Waals surface area contributed by atoms with Crippen LogP contribution in [0.5, 0.6) is 5.75 Å². The van der Waals surface area contributed by atoms with E-state index in [1.165, 1.54) is 30.3 Å². The molecule has 0 unspecified atom stereocenters. The van der Waals surface area contributed by atoms with Crippen LogP contribution in [0.4, 0.5) is 22.0 Å². The molecule has 40 heavy (non-hydrogen) atoms. The molecule has 0 fully saturated rings. The van der Waals surface area contributed by atoms with E-state index in [9.17, 15) is 26.7 Å². The molecule has 0 bridgehead atoms. The van der Waals surface area contributed by atoms with E-state index in [1.54, 1.807) is 48.7 Å². The Kier molecular flexibility index (Phi) is 7.59. The number of carbonyl (C=O) groups excluding carboxylic acids is 1. The van der Waals surface area contributed by atoms with Crippen molar-refractivity contribution in [2.75, 3.05) is 0 Å². The van der Waals surface area contributed by atoms with Gasteiger partial charge in [-0.3, -0.25) is 14.8 Å². The van der Waals surface area contributed by atoms with Crippen molar-refractivity contribution < 1.29 is 36.2 Å². The van der Waals surface area contributed by atoms with Crippen molar-refractivity contribution in [1.82, 2.24) is 4.98 Å². The number of rotatable bonds is 7. The minimum Gasteiger partial charge on any atom is -0.459 e. The fourth-order valence-corrected chi connectivity index (χ4v) is 4.55. The van der Waals surface area contributed by atoms with Crippen molar-refractivity contribution in [1.29, 1.82) is 0 Å². The number of carbonyl (C=O) groups is 1. The number of pyridine rings is 1. The lowest BCUT2D eigenvalue weighted by atomic mass is 9.90. The minimum absolute atomic E-state index is 0.0357. The molecule has 2 heterocycles. The van der Waals surface area contributed by atoms with Crippen molar-refractivity contribution in [2.45, 2.75) is 25.4 Å². The van der Waals surface area contributed by atoms with Crippen LogP contribution in [0.15, 0.2) is 96.1 Å². The molecule has 4 aromatic rings. The smallest absolute Gasteiger partial charge is 0.459 e. The maximum Gasteiger partial charge on any atom is 0.573 e. The van der Waals surface area contributed by atoms with Crippen molar-refractivity contribution in [3.05, 3.63) is 120 Å². The second kappa shape index (κ2) is 11.3. The summed E-state index contributed by atoms with van der Waals surface area (Å²) in [7, 11) is 0. The van der Waals surface area contributed by atoms with Gasteiger partial charge in [-0.25, -0.2) is 8.78 Å². The van der Waals surface area contributed by atoms with Gasteiger partial charge in [0, 0.05) is 18.3 Å². The summed E-state index contributed by atoms with van der Waals surface area (Å²) in [5.74, 6) is -3.34. The summed E-state index contributed by atoms with van der Waals surface area (Å²) < 4.78 is 75.9. The largest absolute Gasteiger partial charge is 0.573 e. The van der Waals surface area contributed by atoms with E-state index < -0.39 is 35.9 Å². The first-order valence-electron chi connectivity index (χ1n) is 12.2. The van der Waals surface area contributed by atoms with E-state index >= 15 is 0 Å². The molecule has 1 aliphatic rings. The Morgan fingerprint density at radius 2 is 1.50 bits per heavy atom. The van der Waals surface area contributed by atoms with Gasteiger partial charge in [-0.1, -0.05) is 48.5 Å². The first-order valence-corrected chi connectivity index (χ1v) is 12.2. The zero-order chi connectivity index (χ0) is 28.3. The van der Waals surface area contributed by atoms with Crippen LogP contribution in [0.1, 0.15) is 29.3 Å². The van der Waals surface area contributed by atoms with Crippen LogP contribution in [0.25, 0.3) is 11.1 Å². The Morgan fingerprint density at radius 1 is 0.850 bits per heavy atom. The molecular formula is C30H21F5N2O3. The summed E-state index contributed by atoms with van der Waals surface area (Å²) in [6.07, 6.45) is -3.25. The molecule has 0 aliphatic carbocycles. The Morgan fingerprint density at radius 3 is 2.10 bits per heavy atom. The van der Waals surface area contributed by atoms with E-state index in [0.717, 1.165) is 12.1 Å². The highest BCUT2D eigenvalue weighted by atomic mass is 19.4. The molecule has 0 amide bonds. The van der Waals surface area contributed by atoms with Crippen LogP contribution < -0.4 is 4.74 Å². The van der Waals surface area contributed by atoms with Gasteiger partial charge in [0.25, 0.3) is 0 Å². The molecule has 0 N–H and O–H groups in total.